The third-order valence-electron chi connectivity index (χ3n) is 3.41. The minimum absolute atomic E-state index is 0.0534. The lowest BCUT2D eigenvalue weighted by Crippen LogP contribution is -2.34. The lowest BCUT2D eigenvalue weighted by Gasteiger charge is -2.18. The van der Waals surface area contributed by atoms with Crippen LogP contribution in [-0.2, 0) is 26.5 Å². The third-order valence-corrected chi connectivity index (χ3v) is 4.53. The highest BCUT2D eigenvalue weighted by atomic mass is 32.2. The van der Waals surface area contributed by atoms with Crippen LogP contribution in [-0.4, -0.2) is 57.8 Å². The molecule has 2 aromatic rings. The fourth-order valence-electron chi connectivity index (χ4n) is 2.19. The maximum atomic E-state index is 12.2. The molecule has 11 nitrogen and oxygen atoms in total. The number of hydrogen-bond donors (Lipinski definition) is 3. The molecule has 0 unspecified atom stereocenters. The predicted octanol–water partition coefficient (Wildman–Crippen LogP) is 1.21. The van der Waals surface area contributed by atoms with Gasteiger partial charge in [-0.3, -0.25) is 4.55 Å². The molecule has 0 aliphatic carbocycles. The summed E-state index contributed by atoms with van der Waals surface area (Å²) >= 11 is 0. The van der Waals surface area contributed by atoms with E-state index in [0.29, 0.717) is 17.6 Å². The summed E-state index contributed by atoms with van der Waals surface area (Å²) in [4.78, 5) is 15.8. The van der Waals surface area contributed by atoms with Gasteiger partial charge in [0.15, 0.2) is 9.84 Å². The number of amides is 2. The van der Waals surface area contributed by atoms with E-state index in [1.165, 1.54) is 11.0 Å². The number of ether oxygens (including phenoxy) is 1. The number of benzene rings is 2. The molecule has 0 atom stereocenters. The number of carbonyl (C=O) groups excluding carboxylic acids is 1. The van der Waals surface area contributed by atoms with Crippen LogP contribution in [0.5, 0.6) is 11.5 Å². The van der Waals surface area contributed by atoms with Gasteiger partial charge in [-0.2, -0.15) is 13.4 Å². The number of nitrogens with two attached hydrogens (primary N) is 2. The molecule has 31 heavy (non-hydrogen) atoms. The summed E-state index contributed by atoms with van der Waals surface area (Å²) in [5.41, 5.74) is 11.3. The smallest absolute Gasteiger partial charge is 0.341 e. The maximum Gasteiger partial charge on any atom is 0.341 e. The maximum absolute atomic E-state index is 12.2. The molecule has 2 amide bonds. The van der Waals surface area contributed by atoms with Crippen molar-refractivity contribution in [3.05, 3.63) is 54.1 Å². The summed E-state index contributed by atoms with van der Waals surface area (Å²) in [7, 11) is -5.59. The number of urea groups is 1. The molecule has 0 bridgehead atoms. The predicted molar refractivity (Wildman–Crippen MR) is 116 cm³/mol. The van der Waals surface area contributed by atoms with Gasteiger partial charge in [0.1, 0.15) is 16.4 Å². The van der Waals surface area contributed by atoms with Crippen LogP contribution < -0.4 is 16.2 Å². The summed E-state index contributed by atoms with van der Waals surface area (Å²) in [5.74, 6) is 0.687. The number of sulfone groups is 1. The topological polar surface area (TPSA) is 182 Å². The van der Waals surface area contributed by atoms with Crippen molar-refractivity contribution >= 4 is 31.9 Å². The van der Waals surface area contributed by atoms with Crippen molar-refractivity contribution in [2.75, 3.05) is 19.6 Å². The summed E-state index contributed by atoms with van der Waals surface area (Å²) in [5, 5.41) is 0. The first kappa shape index (κ1) is 25.9. The molecule has 0 heterocycles. The molecule has 0 spiro atoms. The zero-order valence-corrected chi connectivity index (χ0v) is 18.7. The van der Waals surface area contributed by atoms with Crippen LogP contribution in [0.15, 0.2) is 58.4 Å². The van der Waals surface area contributed by atoms with Gasteiger partial charge in [-0.15, -0.1) is 0 Å². The average Bonchev–Trinajstić information content (AvgIpc) is 2.61. The fourth-order valence-corrected chi connectivity index (χ4v) is 3.03. The summed E-state index contributed by atoms with van der Waals surface area (Å²) in [6, 6.07) is 12.8. The van der Waals surface area contributed by atoms with Gasteiger partial charge in [-0.1, -0.05) is 24.3 Å². The van der Waals surface area contributed by atoms with Crippen LogP contribution in [0.2, 0.25) is 0 Å². The Kier molecular flexibility index (Phi) is 8.97. The fraction of sp³-hybridized carbons (Fsp3) is 0.222. The van der Waals surface area contributed by atoms with E-state index >= 15 is 0 Å². The van der Waals surface area contributed by atoms with Gasteiger partial charge in [0.05, 0.1) is 6.26 Å². The van der Waals surface area contributed by atoms with Crippen molar-refractivity contribution in [1.29, 1.82) is 0 Å². The van der Waals surface area contributed by atoms with Crippen molar-refractivity contribution < 1.29 is 30.9 Å². The van der Waals surface area contributed by atoms with E-state index in [0.717, 1.165) is 6.26 Å². The highest BCUT2D eigenvalue weighted by Gasteiger charge is 2.17. The van der Waals surface area contributed by atoms with Crippen LogP contribution in [0, 0.1) is 0 Å². The van der Waals surface area contributed by atoms with Crippen LogP contribution in [0.25, 0.3) is 0 Å². The largest absolute Gasteiger partial charge is 0.456 e. The molecule has 0 aliphatic heterocycles. The number of primary amides is 1. The summed E-state index contributed by atoms with van der Waals surface area (Å²) in [6.07, 6.45) is 1.82. The van der Waals surface area contributed by atoms with E-state index in [1.54, 1.807) is 43.4 Å². The molecule has 0 saturated carbocycles. The molecule has 0 aliphatic rings. The Bertz CT molecular complexity index is 1140. The van der Waals surface area contributed by atoms with Gasteiger partial charge < -0.3 is 21.1 Å². The second kappa shape index (κ2) is 10.7. The second-order valence-corrected chi connectivity index (χ2v) is 9.82. The number of para-hydroxylation sites is 1. The lowest BCUT2D eigenvalue weighted by molar-refractivity contribution is 0.256. The molecule has 13 heteroatoms. The second-order valence-electron chi connectivity index (χ2n) is 6.37. The zero-order valence-electron chi connectivity index (χ0n) is 17.1. The Balaban J connectivity index is 0.000000861. The van der Waals surface area contributed by atoms with Gasteiger partial charge in [0.2, 0.25) is 5.96 Å². The van der Waals surface area contributed by atoms with Gasteiger partial charge in [-0.05, 0) is 29.8 Å². The molecule has 170 valence electrons. The average molecular weight is 473 g/mol. The molecule has 2 aromatic carbocycles. The van der Waals surface area contributed by atoms with E-state index < -0.39 is 26.0 Å². The quantitative estimate of drug-likeness (QED) is 0.327. The van der Waals surface area contributed by atoms with Crippen molar-refractivity contribution in [1.82, 2.24) is 4.90 Å². The number of hydrogen-bond acceptors (Lipinski definition) is 6. The number of rotatable bonds is 5. The number of guanidine groups is 1. The molecule has 0 saturated heterocycles. The molecular weight excluding hydrogens is 448 g/mol. The Labute approximate surface area is 181 Å². The highest BCUT2D eigenvalue weighted by molar-refractivity contribution is 7.90. The van der Waals surface area contributed by atoms with Crippen LogP contribution in [0.1, 0.15) is 5.56 Å². The van der Waals surface area contributed by atoms with Gasteiger partial charge in [-0.25, -0.2) is 13.2 Å². The SMILES string of the molecule is CN(Cc1ccc(Oc2ccccc2)c(S(C)(=O)=O)c1)C(N)=NC(N)=O.CS(=O)(=O)O. The van der Waals surface area contributed by atoms with E-state index in [9.17, 15) is 21.6 Å². The van der Waals surface area contributed by atoms with Crippen LogP contribution in [0.3, 0.4) is 0 Å². The Morgan fingerprint density at radius 3 is 2.10 bits per heavy atom. The van der Waals surface area contributed by atoms with Crippen LogP contribution in [0.4, 0.5) is 4.79 Å². The molecule has 5 N–H and O–H groups in total. The van der Waals surface area contributed by atoms with E-state index in [-0.39, 0.29) is 23.1 Å². The Hall–Kier alpha value is -3.16. The van der Waals surface area contributed by atoms with Crippen LogP contribution >= 0.6 is 0 Å². The van der Waals surface area contributed by atoms with E-state index in [2.05, 4.69) is 4.99 Å². The van der Waals surface area contributed by atoms with Gasteiger partial charge in [0, 0.05) is 19.8 Å². The molecular formula is C18H24N4O7S2. The minimum Gasteiger partial charge on any atom is -0.456 e. The summed E-state index contributed by atoms with van der Waals surface area (Å²) in [6.45, 7) is 0.233. The molecule has 0 radical (unpaired) electrons. The van der Waals surface area contributed by atoms with Crippen molar-refractivity contribution in [3.63, 3.8) is 0 Å². The third kappa shape index (κ3) is 10.4. The lowest BCUT2D eigenvalue weighted by atomic mass is 10.2. The Morgan fingerprint density at radius 2 is 1.61 bits per heavy atom. The van der Waals surface area contributed by atoms with E-state index in [1.807, 2.05) is 6.07 Å². The van der Waals surface area contributed by atoms with Gasteiger partial charge in [0.25, 0.3) is 10.1 Å². The zero-order chi connectivity index (χ0) is 23.8. The minimum atomic E-state index is -3.67. The summed E-state index contributed by atoms with van der Waals surface area (Å²) < 4.78 is 55.9. The standard InChI is InChI=1S/C17H20N4O4S.CH4O3S/c1-21(16(18)20-17(19)22)11-12-8-9-14(15(10-12)26(2,23)24)25-13-6-4-3-5-7-13;1-5(2,3)4/h3-10H,11H2,1-2H3,(H4,18,19,20,22);1H3,(H,2,3,4). The highest BCUT2D eigenvalue weighted by Crippen LogP contribution is 2.30. The monoisotopic (exact) mass is 472 g/mol. The number of carbonyl (C=O) groups is 1. The van der Waals surface area contributed by atoms with Crippen molar-refractivity contribution in [2.45, 2.75) is 11.4 Å². The van der Waals surface area contributed by atoms with Crippen molar-refractivity contribution in [2.24, 2.45) is 16.5 Å². The van der Waals surface area contributed by atoms with Crippen molar-refractivity contribution in [3.8, 4) is 11.5 Å². The van der Waals surface area contributed by atoms with Gasteiger partial charge >= 0.3 is 6.03 Å². The molecule has 0 fully saturated rings. The molecule has 2 rings (SSSR count). The first-order chi connectivity index (χ1) is 14.2. The molecule has 0 aromatic heterocycles. The number of nitrogens with zero attached hydrogens (tertiary/aromatic N) is 2. The first-order valence-corrected chi connectivity index (χ1v) is 12.2. The first-order valence-electron chi connectivity index (χ1n) is 8.50. The normalized spacial score (nSPS) is 11.8. The van der Waals surface area contributed by atoms with E-state index in [4.69, 9.17) is 20.8 Å². The Morgan fingerprint density at radius 1 is 1.06 bits per heavy atom. The number of aliphatic imine (C=N–C) groups is 1.